The monoisotopic (exact) mass is 317 g/mol. The summed E-state index contributed by atoms with van der Waals surface area (Å²) in [5.74, 6) is 1.20. The predicted molar refractivity (Wildman–Crippen MR) is 86.1 cm³/mol. The predicted octanol–water partition coefficient (Wildman–Crippen LogP) is 1.44. The number of aliphatic hydroxyl groups is 1. The van der Waals surface area contributed by atoms with Crippen LogP contribution in [0.5, 0.6) is 0 Å². The van der Waals surface area contributed by atoms with Crippen LogP contribution in [0.1, 0.15) is 37.0 Å². The summed E-state index contributed by atoms with van der Waals surface area (Å²) in [4.78, 5) is 20.4. The van der Waals surface area contributed by atoms with Gasteiger partial charge in [-0.2, -0.15) is 5.10 Å². The third kappa shape index (κ3) is 5.14. The summed E-state index contributed by atoms with van der Waals surface area (Å²) in [5, 5.41) is 16.1. The third-order valence-corrected chi connectivity index (χ3v) is 3.55. The van der Waals surface area contributed by atoms with E-state index in [2.05, 4.69) is 34.2 Å². The minimum absolute atomic E-state index is 0.138. The summed E-state index contributed by atoms with van der Waals surface area (Å²) in [7, 11) is 0. The van der Waals surface area contributed by atoms with Crippen LogP contribution in [0.4, 0.5) is 0 Å². The third-order valence-electron chi connectivity index (χ3n) is 3.55. The summed E-state index contributed by atoms with van der Waals surface area (Å²) in [6, 6.07) is 3.34. The minimum atomic E-state index is -0.152. The lowest BCUT2D eigenvalue weighted by Crippen LogP contribution is -2.30. The fourth-order valence-corrected chi connectivity index (χ4v) is 2.50. The molecule has 7 heteroatoms. The molecule has 0 aliphatic carbocycles. The summed E-state index contributed by atoms with van der Waals surface area (Å²) in [6.45, 7) is 4.97. The van der Waals surface area contributed by atoms with Gasteiger partial charge in [-0.05, 0) is 36.8 Å². The molecule has 1 amide bonds. The van der Waals surface area contributed by atoms with Crippen LogP contribution in [0.15, 0.2) is 31.0 Å². The zero-order valence-electron chi connectivity index (χ0n) is 13.5. The van der Waals surface area contributed by atoms with Gasteiger partial charge in [0.1, 0.15) is 12.7 Å². The molecule has 2 aromatic rings. The molecule has 2 rings (SSSR count). The smallest absolute Gasteiger partial charge is 0.251 e. The van der Waals surface area contributed by atoms with Crippen molar-refractivity contribution in [3.05, 3.63) is 36.5 Å². The fourth-order valence-electron chi connectivity index (χ4n) is 2.50. The molecule has 0 fully saturated rings. The fraction of sp³-hybridized carbons (Fsp3) is 0.500. The maximum atomic E-state index is 12.3. The number of pyridine rings is 1. The van der Waals surface area contributed by atoms with Crippen LogP contribution >= 0.6 is 0 Å². The Morgan fingerprint density at radius 1 is 1.43 bits per heavy atom. The highest BCUT2D eigenvalue weighted by Crippen LogP contribution is 2.14. The molecule has 0 saturated heterocycles. The number of aromatic nitrogens is 4. The molecule has 0 aromatic carbocycles. The maximum absolute atomic E-state index is 12.3. The first-order chi connectivity index (χ1) is 11.1. The van der Waals surface area contributed by atoms with E-state index in [9.17, 15) is 4.79 Å². The molecule has 1 atom stereocenters. The maximum Gasteiger partial charge on any atom is 0.251 e. The van der Waals surface area contributed by atoms with Crippen molar-refractivity contribution in [2.24, 2.45) is 11.8 Å². The molecule has 23 heavy (non-hydrogen) atoms. The van der Waals surface area contributed by atoms with Crippen molar-refractivity contribution in [3.63, 3.8) is 0 Å². The zero-order chi connectivity index (χ0) is 16.7. The Morgan fingerprint density at radius 3 is 2.91 bits per heavy atom. The molecule has 0 radical (unpaired) electrons. The SMILES string of the molecule is CC(C)CC(CCO)CNC(=O)c1ccnc(-n2cncn2)c1. The van der Waals surface area contributed by atoms with E-state index in [0.717, 1.165) is 6.42 Å². The number of rotatable bonds is 8. The highest BCUT2D eigenvalue weighted by molar-refractivity contribution is 5.94. The second kappa shape index (κ2) is 8.38. The van der Waals surface area contributed by atoms with Gasteiger partial charge in [-0.15, -0.1) is 0 Å². The Morgan fingerprint density at radius 2 is 2.26 bits per heavy atom. The van der Waals surface area contributed by atoms with E-state index in [0.29, 0.717) is 30.3 Å². The lowest BCUT2D eigenvalue weighted by molar-refractivity contribution is 0.0941. The van der Waals surface area contributed by atoms with Crippen molar-refractivity contribution in [1.82, 2.24) is 25.1 Å². The van der Waals surface area contributed by atoms with Crippen molar-refractivity contribution in [3.8, 4) is 5.82 Å². The highest BCUT2D eigenvalue weighted by atomic mass is 16.3. The van der Waals surface area contributed by atoms with Crippen molar-refractivity contribution < 1.29 is 9.90 Å². The first kappa shape index (κ1) is 17.1. The molecule has 0 spiro atoms. The molecule has 0 aliphatic heterocycles. The van der Waals surface area contributed by atoms with E-state index in [-0.39, 0.29) is 18.4 Å². The van der Waals surface area contributed by atoms with Gasteiger partial charge in [0.2, 0.25) is 0 Å². The number of hydrogen-bond acceptors (Lipinski definition) is 5. The normalized spacial score (nSPS) is 12.3. The molecular weight excluding hydrogens is 294 g/mol. The van der Waals surface area contributed by atoms with Crippen LogP contribution < -0.4 is 5.32 Å². The van der Waals surface area contributed by atoms with Gasteiger partial charge in [0.05, 0.1) is 0 Å². The number of carbonyl (C=O) groups excluding carboxylic acids is 1. The van der Waals surface area contributed by atoms with Crippen molar-refractivity contribution >= 4 is 5.91 Å². The molecule has 1 unspecified atom stereocenters. The van der Waals surface area contributed by atoms with Gasteiger partial charge in [0.25, 0.3) is 5.91 Å². The first-order valence-corrected chi connectivity index (χ1v) is 7.80. The van der Waals surface area contributed by atoms with Crippen LogP contribution in [0.25, 0.3) is 5.82 Å². The second-order valence-electron chi connectivity index (χ2n) is 5.96. The molecule has 2 heterocycles. The largest absolute Gasteiger partial charge is 0.396 e. The van der Waals surface area contributed by atoms with Gasteiger partial charge in [0.15, 0.2) is 5.82 Å². The standard InChI is InChI=1S/C16H23N5O2/c1-12(2)7-13(4-6-22)9-19-16(23)14-3-5-18-15(8-14)21-11-17-10-20-21/h3,5,8,10-13,22H,4,6-7,9H2,1-2H3,(H,19,23). The van der Waals surface area contributed by atoms with Crippen LogP contribution in [0, 0.1) is 11.8 Å². The van der Waals surface area contributed by atoms with E-state index in [1.165, 1.54) is 17.3 Å². The van der Waals surface area contributed by atoms with E-state index in [1.807, 2.05) is 0 Å². The number of amides is 1. The number of nitrogens with zero attached hydrogens (tertiary/aromatic N) is 4. The Labute approximate surface area is 135 Å². The van der Waals surface area contributed by atoms with Gasteiger partial charge in [-0.1, -0.05) is 13.8 Å². The lowest BCUT2D eigenvalue weighted by Gasteiger charge is -2.18. The molecule has 0 saturated carbocycles. The molecule has 2 N–H and O–H groups in total. The molecular formula is C16H23N5O2. The Bertz CT molecular complexity index is 613. The van der Waals surface area contributed by atoms with Gasteiger partial charge in [-0.3, -0.25) is 4.79 Å². The van der Waals surface area contributed by atoms with E-state index >= 15 is 0 Å². The summed E-state index contributed by atoms with van der Waals surface area (Å²) in [6.07, 6.45) is 6.19. The molecule has 2 aromatic heterocycles. The average Bonchev–Trinajstić information content (AvgIpc) is 3.06. The summed E-state index contributed by atoms with van der Waals surface area (Å²) >= 11 is 0. The minimum Gasteiger partial charge on any atom is -0.396 e. The summed E-state index contributed by atoms with van der Waals surface area (Å²) < 4.78 is 1.50. The van der Waals surface area contributed by atoms with Crippen LogP contribution in [-0.4, -0.2) is 43.9 Å². The first-order valence-electron chi connectivity index (χ1n) is 7.80. The molecule has 124 valence electrons. The molecule has 0 bridgehead atoms. The highest BCUT2D eigenvalue weighted by Gasteiger charge is 2.14. The van der Waals surface area contributed by atoms with Crippen LogP contribution in [0.2, 0.25) is 0 Å². The van der Waals surface area contributed by atoms with Crippen LogP contribution in [0.3, 0.4) is 0 Å². The number of nitrogens with one attached hydrogen (secondary N) is 1. The number of carbonyl (C=O) groups is 1. The van der Waals surface area contributed by atoms with Gasteiger partial charge in [0, 0.05) is 24.9 Å². The van der Waals surface area contributed by atoms with Gasteiger partial charge >= 0.3 is 0 Å². The summed E-state index contributed by atoms with van der Waals surface area (Å²) in [5.41, 5.74) is 0.526. The Balaban J connectivity index is 1.99. The number of aliphatic hydroxyl groups excluding tert-OH is 1. The van der Waals surface area contributed by atoms with E-state index < -0.39 is 0 Å². The molecule has 7 nitrogen and oxygen atoms in total. The van der Waals surface area contributed by atoms with Gasteiger partial charge < -0.3 is 10.4 Å². The molecule has 0 aliphatic rings. The lowest BCUT2D eigenvalue weighted by atomic mass is 9.94. The van der Waals surface area contributed by atoms with Gasteiger partial charge in [-0.25, -0.2) is 14.6 Å². The zero-order valence-corrected chi connectivity index (χ0v) is 13.5. The van der Waals surface area contributed by atoms with Crippen LogP contribution in [-0.2, 0) is 0 Å². The van der Waals surface area contributed by atoms with Crippen molar-refractivity contribution in [1.29, 1.82) is 0 Å². The topological polar surface area (TPSA) is 92.9 Å². The van der Waals surface area contributed by atoms with Crippen molar-refractivity contribution in [2.45, 2.75) is 26.7 Å². The average molecular weight is 317 g/mol. The quantitative estimate of drug-likeness (QED) is 0.768. The Kier molecular flexibility index (Phi) is 6.22. The second-order valence-corrected chi connectivity index (χ2v) is 5.96. The van der Waals surface area contributed by atoms with Crippen molar-refractivity contribution in [2.75, 3.05) is 13.2 Å². The van der Waals surface area contributed by atoms with E-state index in [1.54, 1.807) is 18.3 Å². The Hall–Kier alpha value is -2.28. The number of hydrogen-bond donors (Lipinski definition) is 2. The van der Waals surface area contributed by atoms with E-state index in [4.69, 9.17) is 5.11 Å².